The molecule has 1 heterocycles. The van der Waals surface area contributed by atoms with Gasteiger partial charge in [-0.25, -0.2) is 14.4 Å². The maximum Gasteiger partial charge on any atom is 0.408 e. The van der Waals surface area contributed by atoms with Crippen LogP contribution < -0.4 is 10.1 Å². The monoisotopic (exact) mass is 464 g/mol. The van der Waals surface area contributed by atoms with Gasteiger partial charge in [-0.15, -0.1) is 5.06 Å². The minimum atomic E-state index is -1.36. The van der Waals surface area contributed by atoms with Crippen molar-refractivity contribution in [2.24, 2.45) is 0 Å². The number of carbonyl (C=O) groups excluding carboxylic acids is 5. The zero-order valence-corrected chi connectivity index (χ0v) is 19.4. The molecule has 0 radical (unpaired) electrons. The topological polar surface area (TPSA) is 138 Å². The third-order valence-electron chi connectivity index (χ3n) is 4.43. The Morgan fingerprint density at radius 1 is 1.09 bits per heavy atom. The zero-order chi connectivity index (χ0) is 24.9. The Morgan fingerprint density at radius 2 is 1.64 bits per heavy atom. The summed E-state index contributed by atoms with van der Waals surface area (Å²) in [4.78, 5) is 64.3. The Kier molecular flexibility index (Phi) is 8.15. The molecule has 1 aromatic rings. The van der Waals surface area contributed by atoms with E-state index in [0.29, 0.717) is 21.8 Å². The maximum absolute atomic E-state index is 12.5. The van der Waals surface area contributed by atoms with E-state index < -0.39 is 41.8 Å². The van der Waals surface area contributed by atoms with E-state index in [2.05, 4.69) is 5.32 Å². The molecule has 1 aromatic carbocycles. The highest BCUT2D eigenvalue weighted by Gasteiger charge is 2.34. The fraction of sp³-hybridized carbons (Fsp3) is 0.500. The summed E-state index contributed by atoms with van der Waals surface area (Å²) >= 11 is 0. The van der Waals surface area contributed by atoms with Gasteiger partial charge in [-0.1, -0.05) is 0 Å². The Hall–Kier alpha value is -3.47. The second-order valence-corrected chi connectivity index (χ2v) is 8.52. The SMILES string of the molecule is Cc1cc(C(OC=O)ON2C(=O)CCC2=O)cc(C)c1OC(=O)C(C)NC(=O)OC(C)(C)C. The quantitative estimate of drug-likeness (QED) is 0.202. The molecule has 2 unspecified atom stereocenters. The predicted octanol–water partition coefficient (Wildman–Crippen LogP) is 2.37. The first kappa shape index (κ1) is 25.8. The fourth-order valence-electron chi connectivity index (χ4n) is 3.00. The number of aryl methyl sites for hydroxylation is 2. The van der Waals surface area contributed by atoms with Gasteiger partial charge >= 0.3 is 12.1 Å². The van der Waals surface area contributed by atoms with Crippen LogP contribution in [0.25, 0.3) is 0 Å². The summed E-state index contributed by atoms with van der Waals surface area (Å²) in [6, 6.07) is 2.07. The number of alkyl carbamates (subject to hydrolysis) is 1. The Labute approximate surface area is 191 Å². The molecule has 1 aliphatic heterocycles. The summed E-state index contributed by atoms with van der Waals surface area (Å²) < 4.78 is 15.5. The number of hydrogen-bond acceptors (Lipinski definition) is 9. The average molecular weight is 464 g/mol. The van der Waals surface area contributed by atoms with Gasteiger partial charge in [0.05, 0.1) is 0 Å². The maximum atomic E-state index is 12.5. The number of benzene rings is 1. The molecule has 0 saturated carbocycles. The van der Waals surface area contributed by atoms with E-state index >= 15 is 0 Å². The fourth-order valence-corrected chi connectivity index (χ4v) is 3.00. The lowest BCUT2D eigenvalue weighted by Crippen LogP contribution is -2.43. The molecule has 11 nitrogen and oxygen atoms in total. The first-order valence-electron chi connectivity index (χ1n) is 10.3. The molecule has 1 N–H and O–H groups in total. The lowest BCUT2D eigenvalue weighted by atomic mass is 10.1. The Balaban J connectivity index is 2.15. The van der Waals surface area contributed by atoms with E-state index in [-0.39, 0.29) is 25.1 Å². The summed E-state index contributed by atoms with van der Waals surface area (Å²) in [5, 5.41) is 2.99. The predicted molar refractivity (Wildman–Crippen MR) is 112 cm³/mol. The summed E-state index contributed by atoms with van der Waals surface area (Å²) in [5.74, 6) is -1.56. The zero-order valence-electron chi connectivity index (χ0n) is 19.4. The van der Waals surface area contributed by atoms with E-state index in [0.717, 1.165) is 0 Å². The van der Waals surface area contributed by atoms with Gasteiger partial charge in [-0.2, -0.15) is 0 Å². The average Bonchev–Trinajstić information content (AvgIpc) is 3.00. The van der Waals surface area contributed by atoms with Crippen LogP contribution in [0.2, 0.25) is 0 Å². The smallest absolute Gasteiger partial charge is 0.408 e. The molecule has 0 spiro atoms. The van der Waals surface area contributed by atoms with Crippen LogP contribution in [0.5, 0.6) is 5.75 Å². The van der Waals surface area contributed by atoms with Crippen LogP contribution in [0.4, 0.5) is 4.79 Å². The Bertz CT molecular complexity index is 913. The van der Waals surface area contributed by atoms with Crippen molar-refractivity contribution in [2.75, 3.05) is 0 Å². The lowest BCUT2D eigenvalue weighted by molar-refractivity contribution is -0.252. The molecular formula is C22H28N2O9. The second-order valence-electron chi connectivity index (χ2n) is 8.52. The second kappa shape index (κ2) is 10.4. The number of ether oxygens (including phenoxy) is 3. The molecule has 2 atom stereocenters. The van der Waals surface area contributed by atoms with Crippen molar-refractivity contribution in [3.05, 3.63) is 28.8 Å². The van der Waals surface area contributed by atoms with Crippen molar-refractivity contribution in [1.82, 2.24) is 10.4 Å². The molecule has 1 saturated heterocycles. The number of imide groups is 1. The number of hydrogen-bond donors (Lipinski definition) is 1. The minimum Gasteiger partial charge on any atom is -0.444 e. The number of esters is 1. The molecule has 180 valence electrons. The molecule has 33 heavy (non-hydrogen) atoms. The van der Waals surface area contributed by atoms with Crippen LogP contribution in [0.3, 0.4) is 0 Å². The van der Waals surface area contributed by atoms with Gasteiger partial charge in [0.2, 0.25) is 0 Å². The van der Waals surface area contributed by atoms with Crippen molar-refractivity contribution < 1.29 is 43.0 Å². The highest BCUT2D eigenvalue weighted by atomic mass is 16.8. The lowest BCUT2D eigenvalue weighted by Gasteiger charge is -2.23. The first-order chi connectivity index (χ1) is 15.3. The number of amides is 3. The van der Waals surface area contributed by atoms with Gasteiger partial charge in [0.15, 0.2) is 0 Å². The standard InChI is InChI=1S/C22H28N2O9/c1-12-9-15(20(30-11-25)33-24-16(26)7-8-17(24)27)10-13(2)18(12)31-19(28)14(3)23-21(29)32-22(4,5)6/h9-11,14,20H,7-8H2,1-6H3,(H,23,29). The minimum absolute atomic E-state index is 0.00903. The number of rotatable bonds is 8. The molecule has 2 rings (SSSR count). The molecule has 1 aliphatic rings. The normalized spacial score (nSPS) is 15.6. The van der Waals surface area contributed by atoms with E-state index in [9.17, 15) is 24.0 Å². The molecule has 0 aliphatic carbocycles. The van der Waals surface area contributed by atoms with E-state index in [1.54, 1.807) is 34.6 Å². The van der Waals surface area contributed by atoms with Crippen molar-refractivity contribution in [3.63, 3.8) is 0 Å². The van der Waals surface area contributed by atoms with E-state index in [1.165, 1.54) is 19.1 Å². The van der Waals surface area contributed by atoms with Crippen LogP contribution in [-0.4, -0.2) is 47.1 Å². The molecule has 0 aromatic heterocycles. The van der Waals surface area contributed by atoms with Crippen molar-refractivity contribution in [1.29, 1.82) is 0 Å². The molecule has 3 amide bonds. The largest absolute Gasteiger partial charge is 0.444 e. The summed E-state index contributed by atoms with van der Waals surface area (Å²) in [5.41, 5.74) is 0.586. The van der Waals surface area contributed by atoms with Gasteiger partial charge in [-0.05, 0) is 64.8 Å². The molecule has 11 heteroatoms. The van der Waals surface area contributed by atoms with Crippen LogP contribution in [0, 0.1) is 13.8 Å². The Morgan fingerprint density at radius 3 is 2.12 bits per heavy atom. The van der Waals surface area contributed by atoms with Crippen LogP contribution in [0.1, 0.15) is 63.5 Å². The van der Waals surface area contributed by atoms with E-state index in [1.807, 2.05) is 0 Å². The van der Waals surface area contributed by atoms with Gasteiger partial charge in [0.25, 0.3) is 24.6 Å². The van der Waals surface area contributed by atoms with Crippen molar-refractivity contribution >= 4 is 30.3 Å². The number of hydroxylamine groups is 2. The summed E-state index contributed by atoms with van der Waals surface area (Å²) in [6.45, 7) is 9.99. The molecule has 0 bridgehead atoms. The van der Waals surface area contributed by atoms with E-state index in [4.69, 9.17) is 19.0 Å². The van der Waals surface area contributed by atoms with Crippen molar-refractivity contribution in [3.8, 4) is 5.75 Å². The summed E-state index contributed by atoms with van der Waals surface area (Å²) in [6.07, 6.45) is -2.10. The van der Waals surface area contributed by atoms with Crippen LogP contribution in [-0.2, 0) is 33.5 Å². The summed E-state index contributed by atoms with van der Waals surface area (Å²) in [7, 11) is 0. The third kappa shape index (κ3) is 7.01. The number of carbonyl (C=O) groups is 5. The number of nitrogens with zero attached hydrogens (tertiary/aromatic N) is 1. The van der Waals surface area contributed by atoms with Gasteiger partial charge in [0, 0.05) is 18.4 Å². The van der Waals surface area contributed by atoms with Crippen LogP contribution in [0.15, 0.2) is 12.1 Å². The highest BCUT2D eigenvalue weighted by molar-refractivity contribution is 6.00. The highest BCUT2D eigenvalue weighted by Crippen LogP contribution is 2.31. The molecular weight excluding hydrogens is 436 g/mol. The van der Waals surface area contributed by atoms with Crippen molar-refractivity contribution in [2.45, 2.75) is 72.3 Å². The first-order valence-corrected chi connectivity index (χ1v) is 10.3. The third-order valence-corrected chi connectivity index (χ3v) is 4.43. The van der Waals surface area contributed by atoms with Gasteiger partial charge in [0.1, 0.15) is 17.4 Å². The van der Waals surface area contributed by atoms with Crippen LogP contribution >= 0.6 is 0 Å². The molecule has 1 fully saturated rings. The van der Waals surface area contributed by atoms with Gasteiger partial charge in [-0.3, -0.25) is 14.4 Å². The number of nitrogens with one attached hydrogen (secondary N) is 1. The van der Waals surface area contributed by atoms with Gasteiger partial charge < -0.3 is 19.5 Å².